The molecule has 0 fully saturated rings. The highest BCUT2D eigenvalue weighted by Gasteiger charge is 2.23. The van der Waals surface area contributed by atoms with Crippen LogP contribution in [0.15, 0.2) is 46.0 Å². The summed E-state index contributed by atoms with van der Waals surface area (Å²) in [7, 11) is -3.96. The molecule has 2 amide bonds. The lowest BCUT2D eigenvalue weighted by atomic mass is 10.1. The molecule has 1 heterocycles. The Morgan fingerprint density at radius 1 is 1.08 bits per heavy atom. The molecule has 2 rings (SSSR count). The second kappa shape index (κ2) is 7.24. The molecule has 0 aliphatic heterocycles. The van der Waals surface area contributed by atoms with Crippen LogP contribution in [0.4, 0.5) is 10.5 Å². The summed E-state index contributed by atoms with van der Waals surface area (Å²) in [5.74, 6) is -0.847. The quantitative estimate of drug-likeness (QED) is 0.845. The van der Waals surface area contributed by atoms with E-state index in [0.717, 1.165) is 11.3 Å². The van der Waals surface area contributed by atoms with E-state index >= 15 is 0 Å². The monoisotopic (exact) mass is 382 g/mol. The highest BCUT2D eigenvalue weighted by Crippen LogP contribution is 2.19. The van der Waals surface area contributed by atoms with Crippen molar-refractivity contribution in [2.24, 2.45) is 0 Å². The number of sulfonamides is 1. The van der Waals surface area contributed by atoms with Gasteiger partial charge in [-0.25, -0.2) is 17.9 Å². The maximum atomic E-state index is 12.4. The third-order valence-corrected chi connectivity index (χ3v) is 5.52. The molecule has 0 saturated carbocycles. The molecule has 1 aromatic carbocycles. The predicted octanol–water partition coefficient (Wildman–Crippen LogP) is 3.21. The molecule has 2 N–H and O–H groups in total. The number of ether oxygens (including phenoxy) is 1. The van der Waals surface area contributed by atoms with Crippen LogP contribution in [-0.4, -0.2) is 26.0 Å². The molecule has 0 aliphatic carbocycles. The highest BCUT2D eigenvalue weighted by molar-refractivity contribution is 7.92. The molecular weight excluding hydrogens is 364 g/mol. The van der Waals surface area contributed by atoms with E-state index in [1.54, 1.807) is 44.4 Å². The zero-order valence-corrected chi connectivity index (χ0v) is 15.5. The van der Waals surface area contributed by atoms with E-state index < -0.39 is 27.6 Å². The van der Waals surface area contributed by atoms with E-state index in [1.165, 1.54) is 18.2 Å². The predicted molar refractivity (Wildman–Crippen MR) is 95.3 cm³/mol. The lowest BCUT2D eigenvalue weighted by Gasteiger charge is -2.20. The summed E-state index contributed by atoms with van der Waals surface area (Å²) >= 11 is 0.996. The maximum Gasteiger partial charge on any atom is 0.412 e. The third-order valence-electron chi connectivity index (χ3n) is 2.79. The first-order valence-electron chi connectivity index (χ1n) is 7.28. The Morgan fingerprint density at radius 3 is 2.36 bits per heavy atom. The second-order valence-corrected chi connectivity index (χ2v) is 8.90. The molecule has 0 spiro atoms. The van der Waals surface area contributed by atoms with Gasteiger partial charge < -0.3 is 4.74 Å². The molecule has 0 unspecified atom stereocenters. The van der Waals surface area contributed by atoms with Crippen molar-refractivity contribution in [2.75, 3.05) is 5.32 Å². The molecule has 9 heteroatoms. The first kappa shape index (κ1) is 18.9. The van der Waals surface area contributed by atoms with E-state index in [9.17, 15) is 18.0 Å². The molecule has 0 saturated heterocycles. The number of para-hydroxylation sites is 1. The minimum absolute atomic E-state index is 0.00786. The van der Waals surface area contributed by atoms with Gasteiger partial charge in [-0.2, -0.15) is 0 Å². The number of carbonyl (C=O) groups is 2. The summed E-state index contributed by atoms with van der Waals surface area (Å²) in [5, 5.41) is 4.05. The molecule has 0 radical (unpaired) electrons. The van der Waals surface area contributed by atoms with Crippen LogP contribution in [0, 0.1) is 0 Å². The Labute approximate surface area is 150 Å². The number of hydrogen-bond acceptors (Lipinski definition) is 6. The van der Waals surface area contributed by atoms with Crippen LogP contribution in [0.2, 0.25) is 0 Å². The lowest BCUT2D eigenvalue weighted by molar-refractivity contribution is 0.0636. The van der Waals surface area contributed by atoms with Crippen molar-refractivity contribution < 1.29 is 22.7 Å². The third kappa shape index (κ3) is 5.30. The van der Waals surface area contributed by atoms with Gasteiger partial charge in [0.05, 0.1) is 11.3 Å². The summed E-state index contributed by atoms with van der Waals surface area (Å²) in [5.41, 5.74) is -0.548. The fourth-order valence-corrected chi connectivity index (χ4v) is 3.81. The van der Waals surface area contributed by atoms with Gasteiger partial charge in [0.25, 0.3) is 15.9 Å². The van der Waals surface area contributed by atoms with Crippen LogP contribution < -0.4 is 10.0 Å². The first-order chi connectivity index (χ1) is 11.6. The lowest BCUT2D eigenvalue weighted by Crippen LogP contribution is -2.32. The summed E-state index contributed by atoms with van der Waals surface area (Å²) < 4.78 is 31.5. The first-order valence-corrected chi connectivity index (χ1v) is 9.64. The zero-order chi connectivity index (χ0) is 18.7. The van der Waals surface area contributed by atoms with Crippen molar-refractivity contribution in [2.45, 2.75) is 30.6 Å². The van der Waals surface area contributed by atoms with E-state index in [1.807, 2.05) is 4.72 Å². The van der Waals surface area contributed by atoms with Crippen molar-refractivity contribution in [1.82, 2.24) is 4.72 Å². The number of amides is 2. The van der Waals surface area contributed by atoms with Crippen molar-refractivity contribution in [1.29, 1.82) is 0 Å². The van der Waals surface area contributed by atoms with Crippen molar-refractivity contribution in [3.8, 4) is 0 Å². The van der Waals surface area contributed by atoms with Gasteiger partial charge in [0, 0.05) is 0 Å². The SMILES string of the molecule is CC(C)(C)OC(=O)Nc1ccccc1C(=O)NS(=O)(=O)c1cccs1. The van der Waals surface area contributed by atoms with E-state index in [-0.39, 0.29) is 15.5 Å². The Kier molecular flexibility index (Phi) is 5.48. The van der Waals surface area contributed by atoms with Gasteiger partial charge in [0.2, 0.25) is 0 Å². The van der Waals surface area contributed by atoms with Crippen LogP contribution in [0.1, 0.15) is 31.1 Å². The summed E-state index contributed by atoms with van der Waals surface area (Å²) in [4.78, 5) is 24.3. The fourth-order valence-electron chi connectivity index (χ4n) is 1.85. The van der Waals surface area contributed by atoms with Gasteiger partial charge in [0.15, 0.2) is 0 Å². The van der Waals surface area contributed by atoms with E-state index in [4.69, 9.17) is 4.74 Å². The Bertz CT molecular complexity index is 868. The number of nitrogens with one attached hydrogen (secondary N) is 2. The average molecular weight is 382 g/mol. The topological polar surface area (TPSA) is 102 Å². The molecule has 2 aromatic rings. The molecule has 134 valence electrons. The van der Waals surface area contributed by atoms with Crippen LogP contribution in [0.5, 0.6) is 0 Å². The van der Waals surface area contributed by atoms with Crippen molar-refractivity contribution >= 4 is 39.0 Å². The maximum absolute atomic E-state index is 12.4. The number of thiophene rings is 1. The van der Waals surface area contributed by atoms with Gasteiger partial charge >= 0.3 is 6.09 Å². The van der Waals surface area contributed by atoms with Crippen LogP contribution >= 0.6 is 11.3 Å². The minimum Gasteiger partial charge on any atom is -0.444 e. The fraction of sp³-hybridized carbons (Fsp3) is 0.250. The molecule has 0 aliphatic rings. The van der Waals surface area contributed by atoms with Crippen LogP contribution in [0.25, 0.3) is 0 Å². The largest absolute Gasteiger partial charge is 0.444 e. The number of benzene rings is 1. The number of rotatable bonds is 4. The number of carbonyl (C=O) groups excluding carboxylic acids is 2. The standard InChI is InChI=1S/C16H18N2O5S2/c1-16(2,3)23-15(20)17-12-8-5-4-7-11(12)14(19)18-25(21,22)13-9-6-10-24-13/h4-10H,1-3H3,(H,17,20)(H,18,19). The van der Waals surface area contributed by atoms with Crippen LogP contribution in [-0.2, 0) is 14.8 Å². The van der Waals surface area contributed by atoms with Gasteiger partial charge in [-0.1, -0.05) is 18.2 Å². The molecule has 0 atom stereocenters. The summed E-state index contributed by atoms with van der Waals surface area (Å²) in [6.07, 6.45) is -0.742. The Hall–Kier alpha value is -2.39. The van der Waals surface area contributed by atoms with Gasteiger partial charge in [0.1, 0.15) is 9.81 Å². The number of anilines is 1. The smallest absolute Gasteiger partial charge is 0.412 e. The van der Waals surface area contributed by atoms with E-state index in [2.05, 4.69) is 5.32 Å². The van der Waals surface area contributed by atoms with Gasteiger partial charge in [-0.15, -0.1) is 11.3 Å². The normalized spacial score (nSPS) is 11.6. The zero-order valence-electron chi connectivity index (χ0n) is 13.9. The molecule has 7 nitrogen and oxygen atoms in total. The van der Waals surface area contributed by atoms with Gasteiger partial charge in [-0.3, -0.25) is 10.1 Å². The van der Waals surface area contributed by atoms with Crippen LogP contribution in [0.3, 0.4) is 0 Å². The minimum atomic E-state index is -3.96. The molecule has 1 aromatic heterocycles. The molecular formula is C16H18N2O5S2. The van der Waals surface area contributed by atoms with E-state index in [0.29, 0.717) is 0 Å². The number of hydrogen-bond donors (Lipinski definition) is 2. The van der Waals surface area contributed by atoms with Crippen molar-refractivity contribution in [3.63, 3.8) is 0 Å². The van der Waals surface area contributed by atoms with Crippen molar-refractivity contribution in [3.05, 3.63) is 47.3 Å². The summed E-state index contributed by atoms with van der Waals surface area (Å²) in [6.45, 7) is 5.12. The summed E-state index contributed by atoms with van der Waals surface area (Å²) in [6, 6.07) is 9.03. The highest BCUT2D eigenvalue weighted by atomic mass is 32.2. The second-order valence-electron chi connectivity index (χ2n) is 6.04. The Morgan fingerprint density at radius 2 is 1.76 bits per heavy atom. The molecule has 25 heavy (non-hydrogen) atoms. The Balaban J connectivity index is 2.20. The van der Waals surface area contributed by atoms with Gasteiger partial charge in [-0.05, 0) is 44.4 Å². The average Bonchev–Trinajstić information content (AvgIpc) is 3.00. The molecule has 0 bridgehead atoms.